The molecular weight excluding hydrogens is 192 g/mol. The van der Waals surface area contributed by atoms with Gasteiger partial charge in [0, 0.05) is 25.9 Å². The van der Waals surface area contributed by atoms with E-state index in [0.29, 0.717) is 5.82 Å². The summed E-state index contributed by atoms with van der Waals surface area (Å²) in [6.45, 7) is 2.66. The smallest absolute Gasteiger partial charge is 0.168 e. The molecule has 80 valence electrons. The molecule has 0 spiro atoms. The minimum atomic E-state index is 0.495. The van der Waals surface area contributed by atoms with Crippen molar-refractivity contribution in [2.45, 2.75) is 19.9 Å². The molecule has 0 saturated heterocycles. The monoisotopic (exact) mass is 206 g/mol. The highest BCUT2D eigenvalue weighted by Crippen LogP contribution is 2.05. The Morgan fingerprint density at radius 2 is 2.27 bits per heavy atom. The highest BCUT2D eigenvalue weighted by Gasteiger charge is 2.06. The van der Waals surface area contributed by atoms with E-state index in [1.807, 2.05) is 24.7 Å². The number of aryl methyl sites for hydroxylation is 3. The van der Waals surface area contributed by atoms with Crippen LogP contribution in [0.2, 0.25) is 0 Å². The van der Waals surface area contributed by atoms with Gasteiger partial charge < -0.3 is 10.3 Å². The Balaban J connectivity index is 2.05. The predicted molar refractivity (Wildman–Crippen MR) is 56.1 cm³/mol. The van der Waals surface area contributed by atoms with Crippen molar-refractivity contribution in [3.05, 3.63) is 23.9 Å². The number of rotatable bonds is 3. The van der Waals surface area contributed by atoms with Gasteiger partial charge in [0.1, 0.15) is 5.82 Å². The Morgan fingerprint density at radius 3 is 2.80 bits per heavy atom. The second kappa shape index (κ2) is 3.72. The Hall–Kier alpha value is -1.85. The highest BCUT2D eigenvalue weighted by molar-refractivity contribution is 5.31. The molecule has 0 saturated carbocycles. The lowest BCUT2D eigenvalue weighted by atomic mass is 10.4. The molecule has 2 heterocycles. The molecule has 2 rings (SSSR count). The van der Waals surface area contributed by atoms with Crippen molar-refractivity contribution in [2.24, 2.45) is 7.05 Å². The maximum absolute atomic E-state index is 5.60. The summed E-state index contributed by atoms with van der Waals surface area (Å²) in [6.07, 6.45) is 4.54. The molecule has 6 heteroatoms. The van der Waals surface area contributed by atoms with Crippen molar-refractivity contribution in [3.8, 4) is 0 Å². The van der Waals surface area contributed by atoms with Crippen LogP contribution >= 0.6 is 0 Å². The molecule has 0 radical (unpaired) electrons. The van der Waals surface area contributed by atoms with Gasteiger partial charge in [-0.3, -0.25) is 0 Å². The minimum Gasteiger partial charge on any atom is -0.381 e. The molecule has 2 aromatic rings. The first-order valence-corrected chi connectivity index (χ1v) is 4.80. The number of anilines is 1. The molecule has 6 nitrogen and oxygen atoms in total. The summed E-state index contributed by atoms with van der Waals surface area (Å²) in [5, 5.41) is 7.75. The van der Waals surface area contributed by atoms with Crippen LogP contribution in [0, 0.1) is 6.92 Å². The van der Waals surface area contributed by atoms with Gasteiger partial charge in [0.25, 0.3) is 0 Å². The van der Waals surface area contributed by atoms with Crippen LogP contribution in [-0.4, -0.2) is 24.5 Å². The number of nitrogens with zero attached hydrogens (tertiary/aromatic N) is 5. The van der Waals surface area contributed by atoms with Crippen LogP contribution in [0.5, 0.6) is 0 Å². The number of aromatic nitrogens is 5. The van der Waals surface area contributed by atoms with E-state index in [4.69, 9.17) is 5.73 Å². The molecule has 0 fully saturated rings. The van der Waals surface area contributed by atoms with Gasteiger partial charge in [0.05, 0.1) is 12.2 Å². The van der Waals surface area contributed by atoms with Gasteiger partial charge in [-0.05, 0) is 6.92 Å². The zero-order valence-electron chi connectivity index (χ0n) is 8.88. The van der Waals surface area contributed by atoms with E-state index in [9.17, 15) is 0 Å². The number of hydrogen-bond acceptors (Lipinski definition) is 4. The quantitative estimate of drug-likeness (QED) is 0.775. The van der Waals surface area contributed by atoms with Gasteiger partial charge in [-0.2, -0.15) is 0 Å². The van der Waals surface area contributed by atoms with E-state index in [0.717, 1.165) is 24.5 Å². The summed E-state index contributed by atoms with van der Waals surface area (Å²) in [6, 6.07) is 0. The zero-order chi connectivity index (χ0) is 10.8. The highest BCUT2D eigenvalue weighted by atomic mass is 15.4. The summed E-state index contributed by atoms with van der Waals surface area (Å²) in [5.74, 6) is 1.53. The number of imidazole rings is 1. The fraction of sp³-hybridized carbons (Fsp3) is 0.444. The second-order valence-corrected chi connectivity index (χ2v) is 3.49. The summed E-state index contributed by atoms with van der Waals surface area (Å²) in [5.41, 5.74) is 6.51. The normalized spacial score (nSPS) is 10.8. The number of nitrogen functional groups attached to an aromatic ring is 1. The van der Waals surface area contributed by atoms with E-state index < -0.39 is 0 Å². The third-order valence-corrected chi connectivity index (χ3v) is 2.49. The molecule has 0 aromatic carbocycles. The topological polar surface area (TPSA) is 74.6 Å². The molecule has 0 amide bonds. The Labute approximate surface area is 87.7 Å². The average Bonchev–Trinajstić information content (AvgIpc) is 2.74. The van der Waals surface area contributed by atoms with Crippen LogP contribution in [-0.2, 0) is 20.0 Å². The maximum Gasteiger partial charge on any atom is 0.168 e. The van der Waals surface area contributed by atoms with Gasteiger partial charge >= 0.3 is 0 Å². The number of hydrogen-bond donors (Lipinski definition) is 1. The van der Waals surface area contributed by atoms with E-state index in [2.05, 4.69) is 15.3 Å². The van der Waals surface area contributed by atoms with Crippen molar-refractivity contribution >= 4 is 5.82 Å². The Bertz CT molecular complexity index is 455. The second-order valence-electron chi connectivity index (χ2n) is 3.49. The van der Waals surface area contributed by atoms with E-state index in [1.165, 1.54) is 0 Å². The first-order valence-electron chi connectivity index (χ1n) is 4.80. The zero-order valence-corrected chi connectivity index (χ0v) is 8.88. The van der Waals surface area contributed by atoms with Crippen molar-refractivity contribution in [1.82, 2.24) is 24.5 Å². The maximum atomic E-state index is 5.60. The fourth-order valence-corrected chi connectivity index (χ4v) is 1.43. The Morgan fingerprint density at radius 1 is 1.47 bits per heavy atom. The molecule has 15 heavy (non-hydrogen) atoms. The largest absolute Gasteiger partial charge is 0.381 e. The van der Waals surface area contributed by atoms with Crippen LogP contribution in [0.3, 0.4) is 0 Å². The van der Waals surface area contributed by atoms with Crippen molar-refractivity contribution in [3.63, 3.8) is 0 Å². The van der Waals surface area contributed by atoms with Crippen molar-refractivity contribution in [1.29, 1.82) is 0 Å². The van der Waals surface area contributed by atoms with Gasteiger partial charge in [-0.1, -0.05) is 5.21 Å². The lowest BCUT2D eigenvalue weighted by Crippen LogP contribution is -2.08. The third kappa shape index (κ3) is 1.83. The summed E-state index contributed by atoms with van der Waals surface area (Å²) in [4.78, 5) is 4.24. The molecule has 0 aliphatic rings. The average molecular weight is 206 g/mol. The fourth-order valence-electron chi connectivity index (χ4n) is 1.43. The van der Waals surface area contributed by atoms with E-state index >= 15 is 0 Å². The molecule has 2 N–H and O–H groups in total. The van der Waals surface area contributed by atoms with Crippen molar-refractivity contribution in [2.75, 3.05) is 5.73 Å². The first-order chi connectivity index (χ1) is 7.18. The van der Waals surface area contributed by atoms with Crippen LogP contribution in [0.1, 0.15) is 11.5 Å². The minimum absolute atomic E-state index is 0.495. The predicted octanol–water partition coefficient (Wildman–Crippen LogP) is 0.145. The lowest BCUT2D eigenvalue weighted by molar-refractivity contribution is 0.557. The summed E-state index contributed by atoms with van der Waals surface area (Å²) in [7, 11) is 1.98. The first kappa shape index (κ1) is 9.70. The Kier molecular flexibility index (Phi) is 2.40. The van der Waals surface area contributed by atoms with E-state index in [-0.39, 0.29) is 0 Å². The molecule has 0 aliphatic heterocycles. The van der Waals surface area contributed by atoms with Gasteiger partial charge in [-0.25, -0.2) is 9.67 Å². The molecular formula is C9H14N6. The molecule has 0 bridgehead atoms. The SMILES string of the molecule is Cc1c(N)nnn1CCc1nccn1C. The standard InChI is InChI=1S/C9H14N6/c1-7-9(10)12-13-15(7)5-3-8-11-4-6-14(8)2/h4,6H,3,5,10H2,1-2H3. The summed E-state index contributed by atoms with van der Waals surface area (Å²) >= 11 is 0. The third-order valence-electron chi connectivity index (χ3n) is 2.49. The van der Waals surface area contributed by atoms with Crippen LogP contribution in [0.15, 0.2) is 12.4 Å². The number of nitrogens with two attached hydrogens (primary N) is 1. The van der Waals surface area contributed by atoms with Crippen LogP contribution in [0.25, 0.3) is 0 Å². The molecule has 2 aromatic heterocycles. The van der Waals surface area contributed by atoms with E-state index in [1.54, 1.807) is 10.9 Å². The van der Waals surface area contributed by atoms with Gasteiger partial charge in [-0.15, -0.1) is 5.10 Å². The van der Waals surface area contributed by atoms with Gasteiger partial charge in [0.15, 0.2) is 5.82 Å². The van der Waals surface area contributed by atoms with Crippen LogP contribution < -0.4 is 5.73 Å². The lowest BCUT2D eigenvalue weighted by Gasteiger charge is -2.03. The van der Waals surface area contributed by atoms with Crippen LogP contribution in [0.4, 0.5) is 5.82 Å². The molecule has 0 aliphatic carbocycles. The van der Waals surface area contributed by atoms with Crippen molar-refractivity contribution < 1.29 is 0 Å². The van der Waals surface area contributed by atoms with Gasteiger partial charge in [0.2, 0.25) is 0 Å². The molecule has 0 atom stereocenters. The molecule has 0 unspecified atom stereocenters. The summed E-state index contributed by atoms with van der Waals surface area (Å²) < 4.78 is 3.79.